The first-order chi connectivity index (χ1) is 10.7. The minimum absolute atomic E-state index is 0.541. The Balaban J connectivity index is 1.72. The summed E-state index contributed by atoms with van der Waals surface area (Å²) in [6, 6.07) is 7.97. The molecule has 0 spiro atoms. The largest absolute Gasteiger partial charge is 0.379 e. The number of thiocarbonyl (C=S) groups is 1. The molecule has 120 valence electrons. The van der Waals surface area contributed by atoms with E-state index in [1.54, 1.807) is 0 Å². The van der Waals surface area contributed by atoms with Crippen molar-refractivity contribution >= 4 is 39.0 Å². The predicted molar refractivity (Wildman–Crippen MR) is 97.3 cm³/mol. The van der Waals surface area contributed by atoms with Crippen molar-refractivity contribution in [3.8, 4) is 0 Å². The fraction of sp³-hybridized carbons (Fsp3) is 0.467. The van der Waals surface area contributed by atoms with E-state index in [1.165, 1.54) is 0 Å². The zero-order valence-corrected chi connectivity index (χ0v) is 15.0. The van der Waals surface area contributed by atoms with E-state index in [9.17, 15) is 0 Å². The molecule has 1 aromatic rings. The van der Waals surface area contributed by atoms with Crippen molar-refractivity contribution in [2.24, 2.45) is 5.10 Å². The van der Waals surface area contributed by atoms with Crippen molar-refractivity contribution < 1.29 is 4.74 Å². The van der Waals surface area contributed by atoms with E-state index in [4.69, 9.17) is 17.0 Å². The van der Waals surface area contributed by atoms with Crippen LogP contribution >= 0.6 is 28.1 Å². The summed E-state index contributed by atoms with van der Waals surface area (Å²) in [6.45, 7) is 7.32. The summed E-state index contributed by atoms with van der Waals surface area (Å²) >= 11 is 8.75. The van der Waals surface area contributed by atoms with Gasteiger partial charge < -0.3 is 10.1 Å². The first-order valence-corrected chi connectivity index (χ1v) is 8.50. The molecule has 1 aliphatic rings. The summed E-state index contributed by atoms with van der Waals surface area (Å²) in [6.07, 6.45) is 0. The third-order valence-corrected chi connectivity index (χ3v) is 4.33. The van der Waals surface area contributed by atoms with Crippen LogP contribution in [-0.2, 0) is 4.74 Å². The van der Waals surface area contributed by atoms with Crippen molar-refractivity contribution in [3.63, 3.8) is 0 Å². The molecule has 1 saturated heterocycles. The summed E-state index contributed by atoms with van der Waals surface area (Å²) in [5.41, 5.74) is 4.82. The highest BCUT2D eigenvalue weighted by Crippen LogP contribution is 2.16. The molecule has 1 fully saturated rings. The number of rotatable bonds is 5. The lowest BCUT2D eigenvalue weighted by molar-refractivity contribution is 0.0389. The average Bonchev–Trinajstić information content (AvgIpc) is 2.54. The van der Waals surface area contributed by atoms with Gasteiger partial charge in [-0.1, -0.05) is 34.1 Å². The van der Waals surface area contributed by atoms with Gasteiger partial charge >= 0.3 is 0 Å². The van der Waals surface area contributed by atoms with Gasteiger partial charge in [0.1, 0.15) is 0 Å². The van der Waals surface area contributed by atoms with Crippen LogP contribution in [0.4, 0.5) is 0 Å². The third-order valence-electron chi connectivity index (χ3n) is 3.41. The van der Waals surface area contributed by atoms with Crippen LogP contribution in [0.1, 0.15) is 12.5 Å². The highest BCUT2D eigenvalue weighted by molar-refractivity contribution is 9.10. The fourth-order valence-electron chi connectivity index (χ4n) is 2.14. The van der Waals surface area contributed by atoms with Gasteiger partial charge in [0.25, 0.3) is 0 Å². The summed E-state index contributed by atoms with van der Waals surface area (Å²) < 4.78 is 6.34. The minimum atomic E-state index is 0.541. The molecule has 1 aromatic carbocycles. The van der Waals surface area contributed by atoms with Gasteiger partial charge in [0.15, 0.2) is 5.11 Å². The zero-order valence-electron chi connectivity index (χ0n) is 12.6. The maximum absolute atomic E-state index is 5.32. The Morgan fingerprint density at radius 1 is 1.36 bits per heavy atom. The molecule has 1 aliphatic heterocycles. The van der Waals surface area contributed by atoms with Crippen LogP contribution in [-0.4, -0.2) is 55.1 Å². The molecule has 0 aromatic heterocycles. The second-order valence-electron chi connectivity index (χ2n) is 5.00. The summed E-state index contributed by atoms with van der Waals surface area (Å²) in [7, 11) is 0. The number of ether oxygens (including phenoxy) is 1. The standard InChI is InChI=1S/C15H21BrN4OS/c1-12(13-4-2-3-5-14(13)16)18-19-15(22)17-6-7-20-8-10-21-11-9-20/h2-5H,6-11H2,1H3,(H2,17,19,22)/b18-12-. The molecule has 2 N–H and O–H groups in total. The van der Waals surface area contributed by atoms with Crippen LogP contribution in [0.5, 0.6) is 0 Å². The molecular weight excluding hydrogens is 364 g/mol. The van der Waals surface area contributed by atoms with E-state index >= 15 is 0 Å². The molecule has 0 unspecified atom stereocenters. The normalized spacial score (nSPS) is 16.4. The lowest BCUT2D eigenvalue weighted by atomic mass is 10.1. The van der Waals surface area contributed by atoms with Crippen LogP contribution < -0.4 is 10.7 Å². The molecule has 0 aliphatic carbocycles. The Morgan fingerprint density at radius 2 is 2.09 bits per heavy atom. The maximum Gasteiger partial charge on any atom is 0.187 e. The van der Waals surface area contributed by atoms with Gasteiger partial charge in [-0.15, -0.1) is 0 Å². The predicted octanol–water partition coefficient (Wildman–Crippen LogP) is 1.97. The zero-order chi connectivity index (χ0) is 15.8. The lowest BCUT2D eigenvalue weighted by Crippen LogP contribution is -2.42. The first-order valence-electron chi connectivity index (χ1n) is 7.30. The maximum atomic E-state index is 5.32. The Morgan fingerprint density at radius 3 is 2.82 bits per heavy atom. The van der Waals surface area contributed by atoms with Crippen molar-refractivity contribution in [2.75, 3.05) is 39.4 Å². The summed E-state index contributed by atoms with van der Waals surface area (Å²) in [4.78, 5) is 2.36. The fourth-order valence-corrected chi connectivity index (χ4v) is 2.86. The molecule has 22 heavy (non-hydrogen) atoms. The number of nitrogens with one attached hydrogen (secondary N) is 2. The Kier molecular flexibility index (Phi) is 7.24. The molecule has 0 radical (unpaired) electrons. The average molecular weight is 385 g/mol. The van der Waals surface area contributed by atoms with Crippen molar-refractivity contribution in [2.45, 2.75) is 6.92 Å². The van der Waals surface area contributed by atoms with E-state index in [0.717, 1.165) is 55.1 Å². The molecule has 7 heteroatoms. The molecule has 1 heterocycles. The second kappa shape index (κ2) is 9.19. The third kappa shape index (κ3) is 5.64. The van der Waals surface area contributed by atoms with E-state index < -0.39 is 0 Å². The van der Waals surface area contributed by atoms with Crippen LogP contribution in [0.3, 0.4) is 0 Å². The van der Waals surface area contributed by atoms with E-state index in [1.807, 2.05) is 31.2 Å². The monoisotopic (exact) mass is 384 g/mol. The second-order valence-corrected chi connectivity index (χ2v) is 6.26. The Hall–Kier alpha value is -1.02. The van der Waals surface area contributed by atoms with Gasteiger partial charge in [0.2, 0.25) is 0 Å². The number of hydrogen-bond donors (Lipinski definition) is 2. The van der Waals surface area contributed by atoms with Gasteiger partial charge in [-0.25, -0.2) is 0 Å². The molecule has 0 bridgehead atoms. The van der Waals surface area contributed by atoms with Crippen molar-refractivity contribution in [3.05, 3.63) is 34.3 Å². The lowest BCUT2D eigenvalue weighted by Gasteiger charge is -2.26. The van der Waals surface area contributed by atoms with E-state index in [2.05, 4.69) is 36.7 Å². The first kappa shape index (κ1) is 17.3. The molecule has 0 saturated carbocycles. The summed E-state index contributed by atoms with van der Waals surface area (Å²) in [5, 5.41) is 8.03. The molecule has 0 amide bonds. The molecule has 5 nitrogen and oxygen atoms in total. The van der Waals surface area contributed by atoms with Gasteiger partial charge in [-0.3, -0.25) is 10.3 Å². The topological polar surface area (TPSA) is 48.9 Å². The van der Waals surface area contributed by atoms with E-state index in [-0.39, 0.29) is 0 Å². The summed E-state index contributed by atoms with van der Waals surface area (Å²) in [5.74, 6) is 0. The number of hydrogen-bond acceptors (Lipinski definition) is 4. The number of nitrogens with zero attached hydrogens (tertiary/aromatic N) is 2. The highest BCUT2D eigenvalue weighted by atomic mass is 79.9. The van der Waals surface area contributed by atoms with Gasteiger partial charge in [-0.05, 0) is 25.2 Å². The van der Waals surface area contributed by atoms with Crippen LogP contribution in [0.2, 0.25) is 0 Å². The number of hydrazone groups is 1. The smallest absolute Gasteiger partial charge is 0.187 e. The van der Waals surface area contributed by atoms with Crippen molar-refractivity contribution in [1.29, 1.82) is 0 Å². The van der Waals surface area contributed by atoms with E-state index in [0.29, 0.717) is 5.11 Å². The van der Waals surface area contributed by atoms with Crippen LogP contribution in [0.15, 0.2) is 33.8 Å². The van der Waals surface area contributed by atoms with Crippen LogP contribution in [0.25, 0.3) is 0 Å². The number of benzene rings is 1. The minimum Gasteiger partial charge on any atom is -0.379 e. The Bertz CT molecular complexity index is 532. The number of morpholine rings is 1. The highest BCUT2D eigenvalue weighted by Gasteiger charge is 2.09. The van der Waals surface area contributed by atoms with Crippen molar-refractivity contribution in [1.82, 2.24) is 15.6 Å². The Labute approximate surface area is 145 Å². The SMILES string of the molecule is C/C(=N/NC(=S)NCCN1CCOCC1)c1ccccc1Br. The molecule has 0 atom stereocenters. The molecule has 2 rings (SSSR count). The number of halogens is 1. The van der Waals surface area contributed by atoms with Gasteiger partial charge in [-0.2, -0.15) is 5.10 Å². The quantitative estimate of drug-likeness (QED) is 0.461. The van der Waals surface area contributed by atoms with Gasteiger partial charge in [0, 0.05) is 36.2 Å². The molecular formula is C15H21BrN4OS. The van der Waals surface area contributed by atoms with Crippen LogP contribution in [0, 0.1) is 0 Å². The van der Waals surface area contributed by atoms with Gasteiger partial charge in [0.05, 0.1) is 18.9 Å².